The van der Waals surface area contributed by atoms with Gasteiger partial charge in [-0.2, -0.15) is 0 Å². The summed E-state index contributed by atoms with van der Waals surface area (Å²) in [6.45, 7) is 18.6. The number of benzene rings is 6. The van der Waals surface area contributed by atoms with Gasteiger partial charge in [-0.3, -0.25) is 0 Å². The first-order valence-electron chi connectivity index (χ1n) is 30.1. The molecule has 400 valence electrons. The highest BCUT2D eigenvalue weighted by atomic mass is 31.1. The molecule has 0 N–H and O–H groups in total. The first-order valence-corrected chi connectivity index (χ1v) is 32.3. The molecule has 2 unspecified atom stereocenters. The fraction of sp³-hybridized carbons (Fsp3) is 0.471. The van der Waals surface area contributed by atoms with Crippen molar-refractivity contribution in [1.29, 1.82) is 0 Å². The summed E-state index contributed by atoms with van der Waals surface area (Å²) in [6.07, 6.45) is 26.0. The fourth-order valence-corrected chi connectivity index (χ4v) is 14.8. The van der Waals surface area contributed by atoms with Crippen LogP contribution in [0.2, 0.25) is 0 Å². The van der Waals surface area contributed by atoms with Gasteiger partial charge in [-0.25, -0.2) is 0 Å². The number of hydrogen-bond donors (Lipinski definition) is 0. The topological polar surface area (TPSA) is 78.8 Å². The van der Waals surface area contributed by atoms with Gasteiger partial charge in [0.15, 0.2) is 11.2 Å². The molecule has 0 aliphatic rings. The SMILES string of the molecule is CCCCc1ccc(-c2c(-c3ccc(CCCC)cc3CCCC)c3c4cc5op(oc(c5CCCC)c4CCCC)oc4c5op6oc5c(o6)c5c(c2-c2ccc(CCCC)cc2CCCC)c3c45)c(CCCC)c1. The van der Waals surface area contributed by atoms with Gasteiger partial charge in [-0.15, -0.1) is 0 Å². The summed E-state index contributed by atoms with van der Waals surface area (Å²) in [5, 5.41) is 7.04. The summed E-state index contributed by atoms with van der Waals surface area (Å²) in [5.74, 6) is 0. The van der Waals surface area contributed by atoms with Crippen LogP contribution in [-0.4, -0.2) is 0 Å². The molecule has 5 aromatic heterocycles. The lowest BCUT2D eigenvalue weighted by atomic mass is 9.73. The second kappa shape index (κ2) is 23.4. The molecule has 7 aromatic carbocycles. The Morgan fingerprint density at radius 3 is 1.13 bits per heavy atom. The number of unbranched alkanes of at least 4 members (excludes halogenated alkanes) is 8. The molecule has 76 heavy (non-hydrogen) atoms. The van der Waals surface area contributed by atoms with E-state index in [0.717, 1.165) is 143 Å². The molecule has 2 atom stereocenters. The molecule has 0 saturated heterocycles. The monoisotopic (exact) mass is 1060 g/mol. The minimum absolute atomic E-state index is 0.618. The summed E-state index contributed by atoms with van der Waals surface area (Å²) in [6, 6.07) is 25.2. The molecule has 0 aliphatic heterocycles. The van der Waals surface area contributed by atoms with Crippen molar-refractivity contribution in [2.75, 3.05) is 0 Å². The number of aryl methyl sites for hydroxylation is 8. The van der Waals surface area contributed by atoms with Gasteiger partial charge in [0.2, 0.25) is 11.2 Å². The summed E-state index contributed by atoms with van der Waals surface area (Å²) >= 11 is 0. The third-order valence-corrected chi connectivity index (χ3v) is 18.8. The maximum Gasteiger partial charge on any atom is 0.453 e. The van der Waals surface area contributed by atoms with Crippen LogP contribution in [0.1, 0.15) is 203 Å². The van der Waals surface area contributed by atoms with E-state index in [4.69, 9.17) is 25.2 Å². The molecule has 6 bridgehead atoms. The first kappa shape index (κ1) is 52.8. The van der Waals surface area contributed by atoms with Crippen molar-refractivity contribution in [3.05, 3.63) is 105 Å². The average molecular weight is 1060 g/mol. The lowest BCUT2D eigenvalue weighted by Gasteiger charge is -2.30. The molecule has 0 spiro atoms. The van der Waals surface area contributed by atoms with Gasteiger partial charge < -0.3 is 25.2 Å². The van der Waals surface area contributed by atoms with E-state index in [0.29, 0.717) is 16.7 Å². The zero-order chi connectivity index (χ0) is 52.5. The normalized spacial score (nSPS) is 12.9. The van der Waals surface area contributed by atoms with Crippen molar-refractivity contribution in [2.45, 2.75) is 209 Å². The minimum Gasteiger partial charge on any atom is -0.390 e. The highest BCUT2D eigenvalue weighted by Gasteiger charge is 2.37. The van der Waals surface area contributed by atoms with E-state index in [2.05, 4.69) is 116 Å². The largest absolute Gasteiger partial charge is 0.453 e. The number of fused-ring (bicyclic) bond motifs is 3. The summed E-state index contributed by atoms with van der Waals surface area (Å²) in [5.41, 5.74) is 23.6. The van der Waals surface area contributed by atoms with E-state index >= 15 is 0 Å². The van der Waals surface area contributed by atoms with Crippen molar-refractivity contribution in [2.24, 2.45) is 0 Å². The molecule has 12 aromatic rings. The molecule has 6 nitrogen and oxygen atoms in total. The molecular weight excluding hydrogens is 975 g/mol. The van der Waals surface area contributed by atoms with Crippen molar-refractivity contribution < 1.29 is 25.2 Å². The third kappa shape index (κ3) is 9.54. The Morgan fingerprint density at radius 1 is 0.303 bits per heavy atom. The molecule has 12 rings (SSSR count). The quantitative estimate of drug-likeness (QED) is 0.0511. The Balaban J connectivity index is 1.46. The molecule has 0 radical (unpaired) electrons. The van der Waals surface area contributed by atoms with Crippen LogP contribution in [0.4, 0.5) is 0 Å². The standard InChI is InChI=1S/C68H82O6P2/c1-9-17-25-43-33-36-49(46(39-43)28-20-12-4)56-57(50-37-34-44(26-18-10-2)40-47(50)29-21-13-5)59-54-42-55-53(32-24-16-8)64(52(54)31-23-15-7)70-75(69-55)71-65-63-61(59)60(62(63)66-68-67(65)73-76(72-66)74-68)58(56)51-38-35-45(27-19-11-3)41-48(51)30-22-14-6/h33-42H,9-32H2,1-8H3. The Bertz CT molecular complexity index is 3790. The van der Waals surface area contributed by atoms with Crippen molar-refractivity contribution in [3.63, 3.8) is 0 Å². The Kier molecular flexibility index (Phi) is 16.2. The highest BCUT2D eigenvalue weighted by molar-refractivity contribution is 7.27. The van der Waals surface area contributed by atoms with Gasteiger partial charge in [0.05, 0.1) is 0 Å². The lowest BCUT2D eigenvalue weighted by Crippen LogP contribution is -2.06. The summed E-state index contributed by atoms with van der Waals surface area (Å²) in [7, 11) is -3.53. The second-order valence-corrected chi connectivity index (χ2v) is 24.3. The predicted molar refractivity (Wildman–Crippen MR) is 324 cm³/mol. The van der Waals surface area contributed by atoms with Gasteiger partial charge >= 0.3 is 16.1 Å². The average Bonchev–Trinajstić information content (AvgIpc) is 4.07. The Morgan fingerprint density at radius 2 is 0.671 bits per heavy atom. The van der Waals surface area contributed by atoms with Crippen LogP contribution >= 0.6 is 16.1 Å². The molecular formula is C68H82O6P2. The van der Waals surface area contributed by atoms with E-state index in [9.17, 15) is 0 Å². The van der Waals surface area contributed by atoms with Crippen LogP contribution in [0.15, 0.2) is 85.8 Å². The van der Waals surface area contributed by atoms with Crippen LogP contribution < -0.4 is 0 Å². The van der Waals surface area contributed by atoms with E-state index < -0.39 is 16.1 Å². The highest BCUT2D eigenvalue weighted by Crippen LogP contribution is 2.62. The van der Waals surface area contributed by atoms with E-state index in [1.165, 1.54) is 138 Å². The minimum atomic E-state index is -1.87. The zero-order valence-electron chi connectivity index (χ0n) is 47.1. The van der Waals surface area contributed by atoms with E-state index in [1.807, 2.05) is 0 Å². The van der Waals surface area contributed by atoms with Gasteiger partial charge in [0, 0.05) is 32.7 Å². The van der Waals surface area contributed by atoms with Gasteiger partial charge in [-0.1, -0.05) is 161 Å². The number of rotatable bonds is 27. The molecule has 0 fully saturated rings. The van der Waals surface area contributed by atoms with Crippen LogP contribution in [0, 0.1) is 0 Å². The van der Waals surface area contributed by atoms with E-state index in [1.54, 1.807) is 0 Å². The molecule has 8 heteroatoms. The third-order valence-electron chi connectivity index (χ3n) is 16.8. The lowest BCUT2D eigenvalue weighted by molar-refractivity contribution is 0.542. The second-order valence-electron chi connectivity index (χ2n) is 22.3. The molecule has 0 aliphatic carbocycles. The molecule has 0 saturated carbocycles. The first-order chi connectivity index (χ1) is 37.4. The maximum atomic E-state index is 7.30. The van der Waals surface area contributed by atoms with Crippen LogP contribution in [0.25, 0.3) is 99.2 Å². The number of hydrogen-bond acceptors (Lipinski definition) is 6. The molecule has 5 heterocycles. The zero-order valence-corrected chi connectivity index (χ0v) is 48.9. The maximum absolute atomic E-state index is 7.30. The smallest absolute Gasteiger partial charge is 0.390 e. The van der Waals surface area contributed by atoms with Crippen LogP contribution in [0.3, 0.4) is 0 Å². The summed E-state index contributed by atoms with van der Waals surface area (Å²) in [4.78, 5) is 0. The van der Waals surface area contributed by atoms with Crippen LogP contribution in [0.5, 0.6) is 0 Å². The fourth-order valence-electron chi connectivity index (χ4n) is 12.6. The van der Waals surface area contributed by atoms with Crippen molar-refractivity contribution in [1.82, 2.24) is 0 Å². The Labute approximate surface area is 452 Å². The Hall–Kier alpha value is -5.28. The van der Waals surface area contributed by atoms with Gasteiger partial charge in [-0.05, 0) is 186 Å². The van der Waals surface area contributed by atoms with Crippen molar-refractivity contribution >= 4 is 81.9 Å². The van der Waals surface area contributed by atoms with Crippen LogP contribution in [-0.2, 0) is 51.4 Å². The molecule has 0 amide bonds. The summed E-state index contributed by atoms with van der Waals surface area (Å²) < 4.78 is 41.6. The van der Waals surface area contributed by atoms with Gasteiger partial charge in [0.1, 0.15) is 11.2 Å². The van der Waals surface area contributed by atoms with E-state index in [-0.39, 0.29) is 0 Å². The van der Waals surface area contributed by atoms with Crippen molar-refractivity contribution in [3.8, 4) is 33.4 Å². The predicted octanol–water partition coefficient (Wildman–Crippen LogP) is 23.6. The van der Waals surface area contributed by atoms with Gasteiger partial charge in [0.25, 0.3) is 0 Å².